The number of piperidine rings is 1. The number of amides is 1. The number of nitrogens with one attached hydrogen (secondary N) is 1. The molecule has 1 aliphatic rings. The van der Waals surface area contributed by atoms with Gasteiger partial charge in [-0.3, -0.25) is 14.7 Å². The summed E-state index contributed by atoms with van der Waals surface area (Å²) in [6, 6.07) is 12.3. The fraction of sp³-hybridized carbons (Fsp3) is 0.400. The zero-order valence-corrected chi connectivity index (χ0v) is 18.7. The third-order valence-electron chi connectivity index (χ3n) is 6.34. The Labute approximate surface area is 188 Å². The van der Waals surface area contributed by atoms with E-state index in [-0.39, 0.29) is 5.91 Å². The number of fused-ring (bicyclic) bond motifs is 1. The maximum Gasteiger partial charge on any atom is 0.271 e. The number of nitrogens with zero attached hydrogens (tertiary/aromatic N) is 4. The standard InChI is InChI=1S/C25H31N5O2/c1-18-6-5-7-19(2)30(18)17-22(31)16-29-15-21(23-8-3-4-9-24(23)29)14-27-28-25(32)20-10-12-26-13-11-20/h3-4,8-15,18-19,22,31H,5-7,16-17H2,1-2H3,(H,28,32)/b27-14-/t18-,19-,22+/m0/s1. The second-order valence-corrected chi connectivity index (χ2v) is 8.67. The van der Waals surface area contributed by atoms with Crippen LogP contribution < -0.4 is 5.43 Å². The smallest absolute Gasteiger partial charge is 0.271 e. The van der Waals surface area contributed by atoms with Crippen molar-refractivity contribution in [2.45, 2.75) is 57.8 Å². The molecule has 2 N–H and O–H groups in total. The van der Waals surface area contributed by atoms with Crippen LogP contribution in [0.2, 0.25) is 0 Å². The molecule has 32 heavy (non-hydrogen) atoms. The summed E-state index contributed by atoms with van der Waals surface area (Å²) in [7, 11) is 0. The summed E-state index contributed by atoms with van der Waals surface area (Å²) in [4.78, 5) is 18.5. The van der Waals surface area contributed by atoms with Crippen LogP contribution in [0.3, 0.4) is 0 Å². The molecule has 7 nitrogen and oxygen atoms in total. The van der Waals surface area contributed by atoms with Gasteiger partial charge in [0.1, 0.15) is 0 Å². The number of rotatable bonds is 7. The van der Waals surface area contributed by atoms with Gasteiger partial charge in [-0.05, 0) is 44.9 Å². The average molecular weight is 434 g/mol. The Balaban J connectivity index is 1.47. The summed E-state index contributed by atoms with van der Waals surface area (Å²) in [6.07, 6.45) is 9.96. The van der Waals surface area contributed by atoms with Gasteiger partial charge in [0.25, 0.3) is 5.91 Å². The second kappa shape index (κ2) is 10.1. The minimum Gasteiger partial charge on any atom is -0.390 e. The Hall–Kier alpha value is -3.03. The first-order valence-corrected chi connectivity index (χ1v) is 11.3. The zero-order chi connectivity index (χ0) is 22.5. The van der Waals surface area contributed by atoms with E-state index >= 15 is 0 Å². The van der Waals surface area contributed by atoms with Crippen LogP contribution in [0, 0.1) is 0 Å². The van der Waals surface area contributed by atoms with E-state index in [0.717, 1.165) is 16.5 Å². The molecular weight excluding hydrogens is 402 g/mol. The monoisotopic (exact) mass is 433 g/mol. The van der Waals surface area contributed by atoms with E-state index < -0.39 is 6.10 Å². The number of benzene rings is 1. The number of hydrogen-bond acceptors (Lipinski definition) is 5. The van der Waals surface area contributed by atoms with E-state index in [2.05, 4.69) is 38.8 Å². The van der Waals surface area contributed by atoms with E-state index in [9.17, 15) is 9.90 Å². The van der Waals surface area contributed by atoms with Crippen molar-refractivity contribution >= 4 is 23.0 Å². The van der Waals surface area contributed by atoms with Gasteiger partial charge in [-0.2, -0.15) is 5.10 Å². The molecule has 1 saturated heterocycles. The van der Waals surface area contributed by atoms with Gasteiger partial charge in [0.15, 0.2) is 0 Å². The maximum atomic E-state index is 12.2. The molecule has 3 heterocycles. The van der Waals surface area contributed by atoms with E-state index in [0.29, 0.717) is 30.7 Å². The highest BCUT2D eigenvalue weighted by molar-refractivity contribution is 6.00. The highest BCUT2D eigenvalue weighted by Crippen LogP contribution is 2.24. The summed E-state index contributed by atoms with van der Waals surface area (Å²) < 4.78 is 2.07. The summed E-state index contributed by atoms with van der Waals surface area (Å²) in [5, 5.41) is 16.0. The molecule has 0 spiro atoms. The summed E-state index contributed by atoms with van der Waals surface area (Å²) in [5.74, 6) is -0.285. The number of aromatic nitrogens is 2. The topological polar surface area (TPSA) is 82.8 Å². The molecule has 3 aromatic rings. The molecule has 4 rings (SSSR count). The molecule has 0 radical (unpaired) electrons. The second-order valence-electron chi connectivity index (χ2n) is 8.67. The minimum atomic E-state index is -0.468. The first-order valence-electron chi connectivity index (χ1n) is 11.3. The molecule has 0 saturated carbocycles. The fourth-order valence-electron chi connectivity index (χ4n) is 4.62. The van der Waals surface area contributed by atoms with Crippen molar-refractivity contribution in [3.63, 3.8) is 0 Å². The number of carbonyl (C=O) groups excluding carboxylic acids is 1. The van der Waals surface area contributed by atoms with Gasteiger partial charge in [-0.1, -0.05) is 24.6 Å². The van der Waals surface area contributed by atoms with E-state index in [1.165, 1.54) is 19.3 Å². The van der Waals surface area contributed by atoms with Gasteiger partial charge < -0.3 is 9.67 Å². The van der Waals surface area contributed by atoms with Crippen molar-refractivity contribution in [3.8, 4) is 0 Å². The number of aliphatic hydroxyl groups excluding tert-OH is 1. The number of hydrogen-bond donors (Lipinski definition) is 2. The van der Waals surface area contributed by atoms with Crippen molar-refractivity contribution in [2.75, 3.05) is 6.54 Å². The SMILES string of the molecule is C[C@H]1CCC[C@H](C)N1C[C@H](O)Cn1cc(/C=N\NC(=O)c2ccncc2)c2ccccc21. The average Bonchev–Trinajstić information content (AvgIpc) is 3.14. The third-order valence-corrected chi connectivity index (χ3v) is 6.34. The Morgan fingerprint density at radius 1 is 1.19 bits per heavy atom. The lowest BCUT2D eigenvalue weighted by Crippen LogP contribution is -2.47. The van der Waals surface area contributed by atoms with Gasteiger partial charge in [0.05, 0.1) is 12.3 Å². The Morgan fingerprint density at radius 2 is 1.91 bits per heavy atom. The number of likely N-dealkylation sites (tertiary alicyclic amines) is 1. The number of pyridine rings is 1. The van der Waals surface area contributed by atoms with E-state index in [1.807, 2.05) is 30.5 Å². The highest BCUT2D eigenvalue weighted by atomic mass is 16.3. The zero-order valence-electron chi connectivity index (χ0n) is 18.7. The van der Waals surface area contributed by atoms with Crippen LogP contribution in [0.5, 0.6) is 0 Å². The maximum absolute atomic E-state index is 12.2. The van der Waals surface area contributed by atoms with Crippen molar-refractivity contribution in [2.24, 2.45) is 5.10 Å². The quantitative estimate of drug-likeness (QED) is 0.442. The van der Waals surface area contributed by atoms with Gasteiger partial charge in [0, 0.05) is 65.8 Å². The number of hydrazone groups is 1. The first-order chi connectivity index (χ1) is 15.5. The van der Waals surface area contributed by atoms with Gasteiger partial charge in [-0.15, -0.1) is 0 Å². The lowest BCUT2D eigenvalue weighted by atomic mass is 9.97. The fourth-order valence-corrected chi connectivity index (χ4v) is 4.62. The Kier molecular flexibility index (Phi) is 6.97. The first kappa shape index (κ1) is 22.2. The van der Waals surface area contributed by atoms with Crippen LogP contribution in [-0.2, 0) is 6.54 Å². The van der Waals surface area contributed by atoms with Crippen LogP contribution in [0.1, 0.15) is 49.0 Å². The molecule has 7 heteroatoms. The van der Waals surface area contributed by atoms with Gasteiger partial charge in [0.2, 0.25) is 0 Å². The minimum absolute atomic E-state index is 0.285. The van der Waals surface area contributed by atoms with E-state index in [1.54, 1.807) is 30.7 Å². The van der Waals surface area contributed by atoms with Crippen molar-refractivity contribution in [1.82, 2.24) is 19.9 Å². The van der Waals surface area contributed by atoms with Crippen LogP contribution >= 0.6 is 0 Å². The predicted molar refractivity (Wildman–Crippen MR) is 127 cm³/mol. The lowest BCUT2D eigenvalue weighted by molar-refractivity contribution is 0.0352. The number of aliphatic hydroxyl groups is 1. The molecule has 2 aromatic heterocycles. The number of β-amino-alcohol motifs (C(OH)–C–C–N with tert-alkyl or cyclic N) is 1. The predicted octanol–water partition coefficient (Wildman–Crippen LogP) is 3.42. The third kappa shape index (κ3) is 5.06. The molecule has 0 aliphatic carbocycles. The normalized spacial score (nSPS) is 20.6. The number of carbonyl (C=O) groups is 1. The molecule has 1 aromatic carbocycles. The number of para-hydroxylation sites is 1. The van der Waals surface area contributed by atoms with Crippen LogP contribution in [0.15, 0.2) is 60.1 Å². The van der Waals surface area contributed by atoms with E-state index in [4.69, 9.17) is 0 Å². The molecular formula is C25H31N5O2. The largest absolute Gasteiger partial charge is 0.390 e. The van der Waals surface area contributed by atoms with Crippen LogP contribution in [-0.4, -0.2) is 56.4 Å². The van der Waals surface area contributed by atoms with Crippen molar-refractivity contribution < 1.29 is 9.90 Å². The molecule has 1 aliphatic heterocycles. The summed E-state index contributed by atoms with van der Waals surface area (Å²) >= 11 is 0. The molecule has 1 amide bonds. The molecule has 1 fully saturated rings. The van der Waals surface area contributed by atoms with Gasteiger partial charge >= 0.3 is 0 Å². The lowest BCUT2D eigenvalue weighted by Gasteiger charge is -2.40. The molecule has 0 bridgehead atoms. The van der Waals surface area contributed by atoms with Crippen LogP contribution in [0.4, 0.5) is 0 Å². The van der Waals surface area contributed by atoms with Crippen molar-refractivity contribution in [3.05, 3.63) is 66.1 Å². The van der Waals surface area contributed by atoms with Gasteiger partial charge in [-0.25, -0.2) is 5.43 Å². The molecule has 3 atom stereocenters. The molecule has 0 unspecified atom stereocenters. The summed E-state index contributed by atoms with van der Waals surface area (Å²) in [6.45, 7) is 5.68. The molecule has 168 valence electrons. The Morgan fingerprint density at radius 3 is 2.66 bits per heavy atom. The van der Waals surface area contributed by atoms with Crippen LogP contribution in [0.25, 0.3) is 10.9 Å². The van der Waals surface area contributed by atoms with Crippen molar-refractivity contribution in [1.29, 1.82) is 0 Å². The summed E-state index contributed by atoms with van der Waals surface area (Å²) in [5.41, 5.74) is 4.99. The highest BCUT2D eigenvalue weighted by Gasteiger charge is 2.26. The Bertz CT molecular complexity index is 1070.